The van der Waals surface area contributed by atoms with E-state index in [0.717, 1.165) is 13.2 Å². The van der Waals surface area contributed by atoms with Gasteiger partial charge in [-0.1, -0.05) is 5.92 Å². The van der Waals surface area contributed by atoms with Crippen molar-refractivity contribution in [2.24, 2.45) is 0 Å². The van der Waals surface area contributed by atoms with Crippen molar-refractivity contribution in [3.05, 3.63) is 33.6 Å². The fourth-order valence-electron chi connectivity index (χ4n) is 1.35. The van der Waals surface area contributed by atoms with Crippen molar-refractivity contribution < 1.29 is 18.8 Å². The number of esters is 1. The standard InChI is InChI=1S/C12H11FN2O4/c1-3-4-5-14-10-6-8(12(16)19-2)9(13)7-11(10)15(17)18/h6-7,14H,5H2,1-2H3. The topological polar surface area (TPSA) is 81.5 Å². The van der Waals surface area contributed by atoms with E-state index in [4.69, 9.17) is 0 Å². The first kappa shape index (κ1) is 14.4. The molecule has 0 spiro atoms. The molecule has 1 aromatic rings. The third-order valence-corrected chi connectivity index (χ3v) is 2.23. The van der Waals surface area contributed by atoms with Gasteiger partial charge in [0.1, 0.15) is 11.5 Å². The second-order valence-corrected chi connectivity index (χ2v) is 3.38. The molecule has 0 aliphatic carbocycles. The average Bonchev–Trinajstić information content (AvgIpc) is 2.39. The number of nitrogens with one attached hydrogen (secondary N) is 1. The van der Waals surface area contributed by atoms with Crippen molar-refractivity contribution in [2.45, 2.75) is 6.92 Å². The Balaban J connectivity index is 3.25. The molecule has 0 heterocycles. The molecular weight excluding hydrogens is 255 g/mol. The van der Waals surface area contributed by atoms with Gasteiger partial charge in [-0.2, -0.15) is 0 Å². The van der Waals surface area contributed by atoms with E-state index in [0.29, 0.717) is 6.07 Å². The number of methoxy groups -OCH3 is 1. The summed E-state index contributed by atoms with van der Waals surface area (Å²) in [5.74, 6) is 3.33. The summed E-state index contributed by atoms with van der Waals surface area (Å²) in [4.78, 5) is 21.4. The first-order valence-corrected chi connectivity index (χ1v) is 5.21. The maximum absolute atomic E-state index is 13.6. The summed E-state index contributed by atoms with van der Waals surface area (Å²) in [5, 5.41) is 13.5. The molecule has 0 atom stereocenters. The van der Waals surface area contributed by atoms with E-state index in [1.165, 1.54) is 0 Å². The van der Waals surface area contributed by atoms with Gasteiger partial charge in [0.2, 0.25) is 0 Å². The first-order valence-electron chi connectivity index (χ1n) is 5.21. The molecule has 0 amide bonds. The molecule has 100 valence electrons. The van der Waals surface area contributed by atoms with E-state index in [1.54, 1.807) is 6.92 Å². The van der Waals surface area contributed by atoms with Crippen molar-refractivity contribution in [3.8, 4) is 11.8 Å². The monoisotopic (exact) mass is 266 g/mol. The maximum Gasteiger partial charge on any atom is 0.340 e. The SMILES string of the molecule is CC#CCNc1cc(C(=O)OC)c(F)cc1[N+](=O)[O-]. The predicted octanol–water partition coefficient (Wildman–Crippen LogP) is 1.96. The maximum atomic E-state index is 13.6. The van der Waals surface area contributed by atoms with Crippen LogP contribution in [0.25, 0.3) is 0 Å². The molecule has 0 radical (unpaired) electrons. The highest BCUT2D eigenvalue weighted by Crippen LogP contribution is 2.28. The quantitative estimate of drug-likeness (QED) is 0.390. The van der Waals surface area contributed by atoms with Crippen LogP contribution in [0.15, 0.2) is 12.1 Å². The lowest BCUT2D eigenvalue weighted by Gasteiger charge is -2.07. The van der Waals surface area contributed by atoms with Gasteiger partial charge < -0.3 is 10.1 Å². The molecule has 6 nitrogen and oxygen atoms in total. The van der Waals surface area contributed by atoms with Gasteiger partial charge in [0.05, 0.1) is 30.2 Å². The largest absolute Gasteiger partial charge is 0.465 e. The summed E-state index contributed by atoms with van der Waals surface area (Å²) in [5.41, 5.74) is -0.835. The molecule has 0 aromatic heterocycles. The smallest absolute Gasteiger partial charge is 0.340 e. The molecule has 1 N–H and O–H groups in total. The number of hydrogen-bond donors (Lipinski definition) is 1. The number of benzene rings is 1. The average molecular weight is 266 g/mol. The highest BCUT2D eigenvalue weighted by atomic mass is 19.1. The van der Waals surface area contributed by atoms with Crippen molar-refractivity contribution in [1.82, 2.24) is 0 Å². The third kappa shape index (κ3) is 3.42. The van der Waals surface area contributed by atoms with Crippen molar-refractivity contribution in [3.63, 3.8) is 0 Å². The molecule has 0 saturated carbocycles. The van der Waals surface area contributed by atoms with Crippen molar-refractivity contribution in [1.29, 1.82) is 0 Å². The van der Waals surface area contributed by atoms with Crippen LogP contribution in [0.2, 0.25) is 0 Å². The number of nitro groups is 1. The molecule has 1 rings (SSSR count). The van der Waals surface area contributed by atoms with Gasteiger partial charge >= 0.3 is 5.97 Å². The number of rotatable bonds is 4. The Labute approximate surface area is 108 Å². The van der Waals surface area contributed by atoms with Gasteiger partial charge in [-0.3, -0.25) is 10.1 Å². The Morgan fingerprint density at radius 1 is 1.58 bits per heavy atom. The zero-order valence-electron chi connectivity index (χ0n) is 10.3. The Morgan fingerprint density at radius 2 is 2.26 bits per heavy atom. The highest BCUT2D eigenvalue weighted by molar-refractivity contribution is 5.92. The molecule has 1 aromatic carbocycles. The van der Waals surface area contributed by atoms with E-state index in [-0.39, 0.29) is 17.8 Å². The lowest BCUT2D eigenvalue weighted by molar-refractivity contribution is -0.384. The predicted molar refractivity (Wildman–Crippen MR) is 66.3 cm³/mol. The van der Waals surface area contributed by atoms with Crippen LogP contribution >= 0.6 is 0 Å². The molecule has 0 aliphatic heterocycles. The summed E-state index contributed by atoms with van der Waals surface area (Å²) in [6.45, 7) is 1.75. The van der Waals surface area contributed by atoms with Gasteiger partial charge in [-0.15, -0.1) is 5.92 Å². The number of hydrogen-bond acceptors (Lipinski definition) is 5. The zero-order chi connectivity index (χ0) is 14.4. The lowest BCUT2D eigenvalue weighted by Crippen LogP contribution is -2.09. The van der Waals surface area contributed by atoms with E-state index < -0.39 is 22.4 Å². The van der Waals surface area contributed by atoms with Crippen LogP contribution < -0.4 is 5.32 Å². The van der Waals surface area contributed by atoms with Crippen LogP contribution in [0.1, 0.15) is 17.3 Å². The number of anilines is 1. The summed E-state index contributed by atoms with van der Waals surface area (Å²) >= 11 is 0. The molecule has 19 heavy (non-hydrogen) atoms. The van der Waals surface area contributed by atoms with E-state index in [1.807, 2.05) is 0 Å². The molecule has 0 bridgehead atoms. The normalized spacial score (nSPS) is 9.21. The minimum absolute atomic E-state index is 0.00884. The minimum Gasteiger partial charge on any atom is -0.465 e. The highest BCUT2D eigenvalue weighted by Gasteiger charge is 2.21. The summed E-state index contributed by atoms with van der Waals surface area (Å²) in [6.07, 6.45) is 0. The third-order valence-electron chi connectivity index (χ3n) is 2.23. The zero-order valence-corrected chi connectivity index (χ0v) is 10.3. The van der Waals surface area contributed by atoms with Crippen LogP contribution in [0, 0.1) is 27.8 Å². The molecular formula is C12H11FN2O4. The lowest BCUT2D eigenvalue weighted by atomic mass is 10.1. The second kappa shape index (κ2) is 6.35. The van der Waals surface area contributed by atoms with E-state index >= 15 is 0 Å². The summed E-state index contributed by atoms with van der Waals surface area (Å²) < 4.78 is 17.9. The van der Waals surface area contributed by atoms with Crippen LogP contribution in [-0.2, 0) is 4.74 Å². The molecule has 0 fully saturated rings. The van der Waals surface area contributed by atoms with Gasteiger partial charge in [0.25, 0.3) is 5.69 Å². The van der Waals surface area contributed by atoms with Crippen molar-refractivity contribution >= 4 is 17.3 Å². The van der Waals surface area contributed by atoms with Crippen LogP contribution in [0.4, 0.5) is 15.8 Å². The Morgan fingerprint density at radius 3 is 2.79 bits per heavy atom. The summed E-state index contributed by atoms with van der Waals surface area (Å²) in [7, 11) is 1.10. The van der Waals surface area contributed by atoms with E-state index in [2.05, 4.69) is 21.9 Å². The van der Waals surface area contributed by atoms with Crippen molar-refractivity contribution in [2.75, 3.05) is 19.0 Å². The minimum atomic E-state index is -1.01. The van der Waals surface area contributed by atoms with Crippen LogP contribution in [0.5, 0.6) is 0 Å². The number of nitrogens with zero attached hydrogens (tertiary/aromatic N) is 1. The fourth-order valence-corrected chi connectivity index (χ4v) is 1.35. The van der Waals surface area contributed by atoms with Crippen LogP contribution in [0.3, 0.4) is 0 Å². The van der Waals surface area contributed by atoms with Gasteiger partial charge in [0.15, 0.2) is 0 Å². The number of carbonyl (C=O) groups is 1. The number of halogens is 1. The Bertz CT molecular complexity index is 575. The molecule has 0 aliphatic rings. The molecule has 0 unspecified atom stereocenters. The summed E-state index contributed by atoms with van der Waals surface area (Å²) in [6, 6.07) is 1.71. The number of ether oxygens (including phenoxy) is 1. The number of carbonyl (C=O) groups excluding carboxylic acids is 1. The molecule has 7 heteroatoms. The van der Waals surface area contributed by atoms with Gasteiger partial charge in [-0.25, -0.2) is 9.18 Å². The Kier molecular flexibility index (Phi) is 4.83. The fraction of sp³-hybridized carbons (Fsp3) is 0.250. The Hall–Kier alpha value is -2.62. The second-order valence-electron chi connectivity index (χ2n) is 3.38. The van der Waals surface area contributed by atoms with Crippen LogP contribution in [-0.4, -0.2) is 24.5 Å². The first-order chi connectivity index (χ1) is 9.01. The van der Waals surface area contributed by atoms with Gasteiger partial charge in [0, 0.05) is 0 Å². The van der Waals surface area contributed by atoms with Gasteiger partial charge in [-0.05, 0) is 13.0 Å². The number of nitro benzene ring substituents is 1. The molecule has 0 saturated heterocycles. The van der Waals surface area contributed by atoms with E-state index in [9.17, 15) is 19.3 Å².